The van der Waals surface area contributed by atoms with E-state index in [9.17, 15) is 4.39 Å². The molecule has 0 spiro atoms. The van der Waals surface area contributed by atoms with Gasteiger partial charge in [-0.05, 0) is 51.8 Å². The highest BCUT2D eigenvalue weighted by atomic mass is 79.9. The van der Waals surface area contributed by atoms with Crippen molar-refractivity contribution in [3.8, 4) is 6.07 Å². The Bertz CT molecular complexity index is 652. The van der Waals surface area contributed by atoms with Crippen molar-refractivity contribution in [3.63, 3.8) is 0 Å². The molecule has 2 aromatic carbocycles. The predicted molar refractivity (Wildman–Crippen MR) is 77.6 cm³/mol. The average Bonchev–Trinajstić information content (AvgIpc) is 2.41. The summed E-state index contributed by atoms with van der Waals surface area (Å²) in [6.07, 6.45) is 0. The number of hydrogen-bond donors (Lipinski definition) is 1. The van der Waals surface area contributed by atoms with E-state index in [1.165, 1.54) is 6.07 Å². The van der Waals surface area contributed by atoms with Crippen LogP contribution in [-0.2, 0) is 6.54 Å². The monoisotopic (exact) mass is 338 g/mol. The first-order valence-corrected chi connectivity index (χ1v) is 6.64. The molecule has 0 aliphatic rings. The summed E-state index contributed by atoms with van der Waals surface area (Å²) in [7, 11) is 0. The standard InChI is InChI=1S/C14H9BrClFN2/c15-11-3-1-10(6-13(11)17)8-19-14-4-2-9(7-18)5-12(14)16/h1-6,19H,8H2. The molecule has 0 heterocycles. The first-order valence-electron chi connectivity index (χ1n) is 5.47. The Labute approximate surface area is 123 Å². The maximum atomic E-state index is 13.3. The van der Waals surface area contributed by atoms with Crippen molar-refractivity contribution in [1.82, 2.24) is 0 Å². The van der Waals surface area contributed by atoms with Gasteiger partial charge in [-0.25, -0.2) is 4.39 Å². The number of benzene rings is 2. The molecule has 96 valence electrons. The SMILES string of the molecule is N#Cc1ccc(NCc2ccc(Br)c(F)c2)c(Cl)c1. The lowest BCUT2D eigenvalue weighted by atomic mass is 10.2. The van der Waals surface area contributed by atoms with Crippen LogP contribution in [0.15, 0.2) is 40.9 Å². The maximum absolute atomic E-state index is 13.3. The van der Waals surface area contributed by atoms with Crippen molar-refractivity contribution in [2.75, 3.05) is 5.32 Å². The molecule has 0 unspecified atom stereocenters. The molecule has 0 saturated carbocycles. The number of halogens is 3. The van der Waals surface area contributed by atoms with Gasteiger partial charge in [0.25, 0.3) is 0 Å². The van der Waals surface area contributed by atoms with E-state index in [-0.39, 0.29) is 5.82 Å². The van der Waals surface area contributed by atoms with E-state index in [0.29, 0.717) is 27.3 Å². The Kier molecular flexibility index (Phi) is 4.41. The molecule has 5 heteroatoms. The van der Waals surface area contributed by atoms with E-state index in [2.05, 4.69) is 21.2 Å². The molecule has 1 N–H and O–H groups in total. The van der Waals surface area contributed by atoms with Gasteiger partial charge in [-0.3, -0.25) is 0 Å². The summed E-state index contributed by atoms with van der Waals surface area (Å²) in [6.45, 7) is 0.454. The van der Waals surface area contributed by atoms with Crippen molar-refractivity contribution < 1.29 is 4.39 Å². The molecule has 0 aliphatic heterocycles. The number of nitriles is 1. The third-order valence-electron chi connectivity index (χ3n) is 2.57. The predicted octanol–water partition coefficient (Wildman–Crippen LogP) is 4.73. The summed E-state index contributed by atoms with van der Waals surface area (Å²) in [6, 6.07) is 11.9. The van der Waals surface area contributed by atoms with Gasteiger partial charge in [0.05, 0.1) is 26.8 Å². The van der Waals surface area contributed by atoms with Gasteiger partial charge in [-0.1, -0.05) is 17.7 Å². The Hall–Kier alpha value is -1.57. The van der Waals surface area contributed by atoms with Crippen LogP contribution in [0.2, 0.25) is 5.02 Å². The molecular weight excluding hydrogens is 331 g/mol. The van der Waals surface area contributed by atoms with E-state index >= 15 is 0 Å². The summed E-state index contributed by atoms with van der Waals surface area (Å²) in [4.78, 5) is 0. The summed E-state index contributed by atoms with van der Waals surface area (Å²) in [5.74, 6) is -0.301. The van der Waals surface area contributed by atoms with Crippen LogP contribution in [-0.4, -0.2) is 0 Å². The third-order valence-corrected chi connectivity index (χ3v) is 3.52. The Morgan fingerprint density at radius 3 is 2.68 bits per heavy atom. The third kappa shape index (κ3) is 3.46. The van der Waals surface area contributed by atoms with Crippen LogP contribution in [0.1, 0.15) is 11.1 Å². The zero-order valence-electron chi connectivity index (χ0n) is 9.75. The first-order chi connectivity index (χ1) is 9.10. The lowest BCUT2D eigenvalue weighted by Gasteiger charge is -2.09. The van der Waals surface area contributed by atoms with Crippen LogP contribution in [0.5, 0.6) is 0 Å². The minimum absolute atomic E-state index is 0.301. The van der Waals surface area contributed by atoms with E-state index in [1.807, 2.05) is 12.1 Å². The van der Waals surface area contributed by atoms with Gasteiger partial charge in [0.15, 0.2) is 0 Å². The molecule has 0 saturated heterocycles. The number of nitrogens with one attached hydrogen (secondary N) is 1. The molecule has 0 bridgehead atoms. The molecule has 2 nitrogen and oxygen atoms in total. The van der Waals surface area contributed by atoms with Crippen LogP contribution in [0, 0.1) is 17.1 Å². The molecule has 19 heavy (non-hydrogen) atoms. The van der Waals surface area contributed by atoms with Crippen LogP contribution >= 0.6 is 27.5 Å². The summed E-state index contributed by atoms with van der Waals surface area (Å²) in [5, 5.41) is 12.3. The maximum Gasteiger partial charge on any atom is 0.137 e. The molecular formula is C14H9BrClFN2. The second-order valence-corrected chi connectivity index (χ2v) is 5.17. The number of nitrogens with zero attached hydrogens (tertiary/aromatic N) is 1. The molecule has 0 aromatic heterocycles. The number of anilines is 1. The van der Waals surface area contributed by atoms with Gasteiger partial charge < -0.3 is 5.32 Å². The van der Waals surface area contributed by atoms with Gasteiger partial charge >= 0.3 is 0 Å². The van der Waals surface area contributed by atoms with Crippen LogP contribution in [0.25, 0.3) is 0 Å². The first kappa shape index (κ1) is 13.9. The van der Waals surface area contributed by atoms with E-state index in [4.69, 9.17) is 16.9 Å². The average molecular weight is 340 g/mol. The summed E-state index contributed by atoms with van der Waals surface area (Å²) < 4.78 is 13.8. The fourth-order valence-electron chi connectivity index (χ4n) is 1.57. The van der Waals surface area contributed by atoms with Crippen molar-refractivity contribution in [3.05, 3.63) is 62.8 Å². The molecule has 0 aliphatic carbocycles. The normalized spacial score (nSPS) is 10.0. The summed E-state index contributed by atoms with van der Waals surface area (Å²) in [5.41, 5.74) is 2.02. The van der Waals surface area contributed by atoms with Crippen LogP contribution < -0.4 is 5.32 Å². The molecule has 2 aromatic rings. The van der Waals surface area contributed by atoms with E-state index in [1.54, 1.807) is 24.3 Å². The fraction of sp³-hybridized carbons (Fsp3) is 0.0714. The smallest absolute Gasteiger partial charge is 0.137 e. The highest BCUT2D eigenvalue weighted by molar-refractivity contribution is 9.10. The van der Waals surface area contributed by atoms with Gasteiger partial charge in [0.1, 0.15) is 5.82 Å². The van der Waals surface area contributed by atoms with Crippen LogP contribution in [0.4, 0.5) is 10.1 Å². The minimum atomic E-state index is -0.301. The largest absolute Gasteiger partial charge is 0.380 e. The number of rotatable bonds is 3. The lowest BCUT2D eigenvalue weighted by molar-refractivity contribution is 0.619. The molecule has 0 radical (unpaired) electrons. The van der Waals surface area contributed by atoms with Gasteiger partial charge in [-0.2, -0.15) is 5.26 Å². The molecule has 0 atom stereocenters. The Morgan fingerprint density at radius 1 is 1.26 bits per heavy atom. The molecule has 2 rings (SSSR count). The second kappa shape index (κ2) is 6.05. The van der Waals surface area contributed by atoms with Crippen LogP contribution in [0.3, 0.4) is 0 Å². The van der Waals surface area contributed by atoms with Crippen molar-refractivity contribution >= 4 is 33.2 Å². The van der Waals surface area contributed by atoms with Gasteiger partial charge in [0, 0.05) is 6.54 Å². The van der Waals surface area contributed by atoms with E-state index in [0.717, 1.165) is 5.56 Å². The van der Waals surface area contributed by atoms with E-state index < -0.39 is 0 Å². The quantitative estimate of drug-likeness (QED) is 0.878. The van der Waals surface area contributed by atoms with Crippen molar-refractivity contribution in [2.45, 2.75) is 6.54 Å². The highest BCUT2D eigenvalue weighted by Crippen LogP contribution is 2.24. The van der Waals surface area contributed by atoms with Crippen molar-refractivity contribution in [1.29, 1.82) is 5.26 Å². The highest BCUT2D eigenvalue weighted by Gasteiger charge is 2.03. The minimum Gasteiger partial charge on any atom is -0.380 e. The Balaban J connectivity index is 2.10. The second-order valence-electron chi connectivity index (χ2n) is 3.91. The lowest BCUT2D eigenvalue weighted by Crippen LogP contribution is -2.00. The zero-order valence-corrected chi connectivity index (χ0v) is 12.1. The van der Waals surface area contributed by atoms with Gasteiger partial charge in [-0.15, -0.1) is 0 Å². The fourth-order valence-corrected chi connectivity index (χ4v) is 2.07. The Morgan fingerprint density at radius 2 is 2.05 bits per heavy atom. The van der Waals surface area contributed by atoms with Crippen molar-refractivity contribution in [2.24, 2.45) is 0 Å². The topological polar surface area (TPSA) is 35.8 Å². The molecule has 0 amide bonds. The number of hydrogen-bond acceptors (Lipinski definition) is 2. The molecule has 0 fully saturated rings. The summed E-state index contributed by atoms with van der Waals surface area (Å²) >= 11 is 9.14. The zero-order chi connectivity index (χ0) is 13.8. The van der Waals surface area contributed by atoms with Gasteiger partial charge in [0.2, 0.25) is 0 Å².